The number of methoxy groups -OCH3 is 1. The topological polar surface area (TPSA) is 50.8 Å². The predicted molar refractivity (Wildman–Crippen MR) is 106 cm³/mol. The standard InChI is InChI=1S/C22H28N2O3/c1-26-20-9-5-6-10-21(20)27-16-13-23-22(25)24-14-11-19(12-15-24)17-18-7-3-2-4-8-18/h2-10,19H,11-17H2,1H3,(H,23,25). The van der Waals surface area contributed by atoms with Gasteiger partial charge in [0.2, 0.25) is 0 Å². The Morgan fingerprint density at radius 3 is 2.41 bits per heavy atom. The molecule has 5 heteroatoms. The molecule has 0 bridgehead atoms. The number of urea groups is 1. The summed E-state index contributed by atoms with van der Waals surface area (Å²) >= 11 is 0. The van der Waals surface area contributed by atoms with Crippen LogP contribution in [0.25, 0.3) is 0 Å². The summed E-state index contributed by atoms with van der Waals surface area (Å²) in [5, 5.41) is 2.95. The Morgan fingerprint density at radius 1 is 1.04 bits per heavy atom. The van der Waals surface area contributed by atoms with E-state index in [1.807, 2.05) is 35.2 Å². The lowest BCUT2D eigenvalue weighted by Crippen LogP contribution is -2.45. The van der Waals surface area contributed by atoms with E-state index in [4.69, 9.17) is 9.47 Å². The molecule has 27 heavy (non-hydrogen) atoms. The minimum Gasteiger partial charge on any atom is -0.493 e. The van der Waals surface area contributed by atoms with E-state index in [1.54, 1.807) is 7.11 Å². The maximum absolute atomic E-state index is 12.3. The summed E-state index contributed by atoms with van der Waals surface area (Å²) in [6, 6.07) is 18.1. The van der Waals surface area contributed by atoms with E-state index in [9.17, 15) is 4.79 Å². The third-order valence-electron chi connectivity index (χ3n) is 4.97. The van der Waals surface area contributed by atoms with E-state index < -0.39 is 0 Å². The van der Waals surface area contributed by atoms with Gasteiger partial charge >= 0.3 is 6.03 Å². The first-order valence-electron chi connectivity index (χ1n) is 9.59. The Morgan fingerprint density at radius 2 is 1.70 bits per heavy atom. The molecule has 1 aliphatic heterocycles. The fourth-order valence-electron chi connectivity index (χ4n) is 3.46. The van der Waals surface area contributed by atoms with Gasteiger partial charge in [0.05, 0.1) is 13.7 Å². The van der Waals surface area contributed by atoms with Crippen molar-refractivity contribution in [3.63, 3.8) is 0 Å². The van der Waals surface area contributed by atoms with Crippen LogP contribution in [0.3, 0.4) is 0 Å². The van der Waals surface area contributed by atoms with E-state index in [1.165, 1.54) is 5.56 Å². The molecule has 0 saturated carbocycles. The summed E-state index contributed by atoms with van der Waals surface area (Å²) in [5.41, 5.74) is 1.38. The van der Waals surface area contributed by atoms with Crippen molar-refractivity contribution in [2.24, 2.45) is 5.92 Å². The zero-order valence-electron chi connectivity index (χ0n) is 15.9. The van der Waals surface area contributed by atoms with Crippen molar-refractivity contribution in [1.29, 1.82) is 0 Å². The van der Waals surface area contributed by atoms with Gasteiger partial charge in [-0.05, 0) is 42.9 Å². The number of piperidine rings is 1. The zero-order valence-corrected chi connectivity index (χ0v) is 15.9. The summed E-state index contributed by atoms with van der Waals surface area (Å²) in [4.78, 5) is 14.2. The van der Waals surface area contributed by atoms with Crippen LogP contribution in [0.4, 0.5) is 4.79 Å². The second-order valence-electron chi connectivity index (χ2n) is 6.85. The van der Waals surface area contributed by atoms with Gasteiger partial charge in [-0.25, -0.2) is 4.79 Å². The normalized spacial score (nSPS) is 14.6. The number of para-hydroxylation sites is 2. The molecule has 1 aliphatic rings. The van der Waals surface area contributed by atoms with Gasteiger partial charge in [-0.2, -0.15) is 0 Å². The van der Waals surface area contributed by atoms with Crippen LogP contribution in [0.1, 0.15) is 18.4 Å². The SMILES string of the molecule is COc1ccccc1OCCNC(=O)N1CCC(Cc2ccccc2)CC1. The van der Waals surface area contributed by atoms with Crippen molar-refractivity contribution in [1.82, 2.24) is 10.2 Å². The molecule has 1 saturated heterocycles. The lowest BCUT2D eigenvalue weighted by atomic mass is 9.90. The smallest absolute Gasteiger partial charge is 0.317 e. The number of rotatable bonds is 7. The minimum atomic E-state index is -0.00297. The number of ether oxygens (including phenoxy) is 2. The van der Waals surface area contributed by atoms with Gasteiger partial charge in [-0.15, -0.1) is 0 Å². The molecule has 144 valence electrons. The van der Waals surface area contributed by atoms with Gasteiger partial charge in [0, 0.05) is 13.1 Å². The maximum Gasteiger partial charge on any atom is 0.317 e. The van der Waals surface area contributed by atoms with Crippen LogP contribution >= 0.6 is 0 Å². The highest BCUT2D eigenvalue weighted by Crippen LogP contribution is 2.25. The molecule has 5 nitrogen and oxygen atoms in total. The van der Waals surface area contributed by atoms with Gasteiger partial charge in [0.15, 0.2) is 11.5 Å². The van der Waals surface area contributed by atoms with Crippen LogP contribution in [-0.4, -0.2) is 44.3 Å². The summed E-state index contributed by atoms with van der Waals surface area (Å²) in [5.74, 6) is 2.05. The van der Waals surface area contributed by atoms with Crippen molar-refractivity contribution in [2.75, 3.05) is 33.4 Å². The van der Waals surface area contributed by atoms with Gasteiger partial charge in [-0.1, -0.05) is 42.5 Å². The molecule has 0 aromatic heterocycles. The zero-order chi connectivity index (χ0) is 18.9. The van der Waals surface area contributed by atoms with E-state index >= 15 is 0 Å². The van der Waals surface area contributed by atoms with E-state index in [2.05, 4.69) is 29.6 Å². The molecule has 3 rings (SSSR count). The number of benzene rings is 2. The fraction of sp³-hybridized carbons (Fsp3) is 0.409. The van der Waals surface area contributed by atoms with E-state index in [0.717, 1.165) is 32.4 Å². The first-order chi connectivity index (χ1) is 13.3. The lowest BCUT2D eigenvalue weighted by molar-refractivity contribution is 0.168. The molecule has 2 aromatic carbocycles. The number of amides is 2. The van der Waals surface area contributed by atoms with Crippen LogP contribution in [0.5, 0.6) is 11.5 Å². The Labute approximate surface area is 161 Å². The largest absolute Gasteiger partial charge is 0.493 e. The molecule has 1 heterocycles. The van der Waals surface area contributed by atoms with E-state index in [-0.39, 0.29) is 6.03 Å². The first-order valence-corrected chi connectivity index (χ1v) is 9.59. The Hall–Kier alpha value is -2.69. The quantitative estimate of drug-likeness (QED) is 0.758. The highest BCUT2D eigenvalue weighted by atomic mass is 16.5. The maximum atomic E-state index is 12.3. The molecule has 0 atom stereocenters. The van der Waals surface area contributed by atoms with Gasteiger partial charge < -0.3 is 19.7 Å². The van der Waals surface area contributed by atoms with Crippen molar-refractivity contribution >= 4 is 6.03 Å². The van der Waals surface area contributed by atoms with Gasteiger partial charge in [0.1, 0.15) is 6.61 Å². The molecule has 0 spiro atoms. The van der Waals surface area contributed by atoms with Crippen molar-refractivity contribution < 1.29 is 14.3 Å². The number of carbonyl (C=O) groups excluding carboxylic acids is 1. The van der Waals surface area contributed by atoms with Gasteiger partial charge in [0.25, 0.3) is 0 Å². The summed E-state index contributed by atoms with van der Waals surface area (Å²) in [6.07, 6.45) is 3.21. The molecule has 0 radical (unpaired) electrons. The van der Waals surface area contributed by atoms with Crippen LogP contribution in [0, 0.1) is 5.92 Å². The molecule has 0 unspecified atom stereocenters. The molecule has 1 fully saturated rings. The number of nitrogens with one attached hydrogen (secondary N) is 1. The van der Waals surface area contributed by atoms with Crippen molar-refractivity contribution in [3.8, 4) is 11.5 Å². The van der Waals surface area contributed by atoms with Crippen molar-refractivity contribution in [2.45, 2.75) is 19.3 Å². The molecular formula is C22H28N2O3. The van der Waals surface area contributed by atoms with E-state index in [0.29, 0.717) is 30.6 Å². The van der Waals surface area contributed by atoms with Gasteiger partial charge in [-0.3, -0.25) is 0 Å². The molecule has 2 amide bonds. The summed E-state index contributed by atoms with van der Waals surface area (Å²) < 4.78 is 10.9. The highest BCUT2D eigenvalue weighted by Gasteiger charge is 2.22. The molecular weight excluding hydrogens is 340 g/mol. The lowest BCUT2D eigenvalue weighted by Gasteiger charge is -2.32. The number of hydrogen-bond donors (Lipinski definition) is 1. The predicted octanol–water partition coefficient (Wildman–Crippen LogP) is 3.74. The number of likely N-dealkylation sites (tertiary alicyclic amines) is 1. The van der Waals surface area contributed by atoms with Crippen molar-refractivity contribution in [3.05, 3.63) is 60.2 Å². The average Bonchev–Trinajstić information content (AvgIpc) is 2.72. The molecule has 1 N–H and O–H groups in total. The third-order valence-corrected chi connectivity index (χ3v) is 4.97. The molecule has 0 aliphatic carbocycles. The Balaban J connectivity index is 1.35. The second kappa shape index (κ2) is 9.86. The molecule has 2 aromatic rings. The monoisotopic (exact) mass is 368 g/mol. The van der Waals surface area contributed by atoms with Crippen LogP contribution < -0.4 is 14.8 Å². The third kappa shape index (κ3) is 5.64. The Kier molecular flexibility index (Phi) is 6.97. The Bertz CT molecular complexity index is 713. The van der Waals surface area contributed by atoms with Crippen LogP contribution in [-0.2, 0) is 6.42 Å². The summed E-state index contributed by atoms with van der Waals surface area (Å²) in [7, 11) is 1.62. The summed E-state index contributed by atoms with van der Waals surface area (Å²) in [6.45, 7) is 2.52. The average molecular weight is 368 g/mol. The number of carbonyl (C=O) groups is 1. The minimum absolute atomic E-state index is 0.00297. The number of hydrogen-bond acceptors (Lipinski definition) is 3. The van der Waals surface area contributed by atoms with Crippen LogP contribution in [0.2, 0.25) is 0 Å². The highest BCUT2D eigenvalue weighted by molar-refractivity contribution is 5.74. The fourth-order valence-corrected chi connectivity index (χ4v) is 3.46. The number of nitrogens with zero attached hydrogens (tertiary/aromatic N) is 1. The second-order valence-corrected chi connectivity index (χ2v) is 6.85. The first kappa shape index (κ1) is 19.1. The van der Waals surface area contributed by atoms with Crippen LogP contribution in [0.15, 0.2) is 54.6 Å².